The molecule has 0 atom stereocenters. The number of nitrogens with zero attached hydrogens (tertiary/aromatic N) is 3. The zero-order chi connectivity index (χ0) is 18.1. The first-order valence-corrected chi connectivity index (χ1v) is 8.85. The number of rotatable bonds is 3. The Balaban J connectivity index is 1.61. The van der Waals surface area contributed by atoms with E-state index in [-0.39, 0.29) is 10.7 Å². The molecule has 4 rings (SSSR count). The van der Waals surface area contributed by atoms with Crippen LogP contribution in [0.25, 0.3) is 11.0 Å². The van der Waals surface area contributed by atoms with Crippen molar-refractivity contribution in [1.82, 2.24) is 9.38 Å². The lowest BCUT2D eigenvalue weighted by Gasteiger charge is -2.18. The molecule has 26 heavy (non-hydrogen) atoms. The van der Waals surface area contributed by atoms with Gasteiger partial charge in [-0.1, -0.05) is 11.6 Å². The minimum absolute atomic E-state index is 0.0882. The number of fused-ring (bicyclic) bond motifs is 2. The normalized spacial score (nSPS) is 13.5. The number of nitriles is 1. The molecule has 0 unspecified atom stereocenters. The minimum Gasteiger partial charge on any atom is -0.486 e. The van der Waals surface area contributed by atoms with Crippen molar-refractivity contribution in [3.63, 3.8) is 0 Å². The van der Waals surface area contributed by atoms with Crippen molar-refractivity contribution in [3.05, 3.63) is 46.2 Å². The van der Waals surface area contributed by atoms with Gasteiger partial charge in [0.1, 0.15) is 24.9 Å². The second-order valence-corrected chi connectivity index (χ2v) is 6.56. The van der Waals surface area contributed by atoms with Crippen molar-refractivity contribution < 1.29 is 14.3 Å². The fraction of sp³-hybridized carbons (Fsp3) is 0.118. The van der Waals surface area contributed by atoms with Crippen molar-refractivity contribution >= 4 is 45.6 Å². The molecule has 2 aromatic heterocycles. The Morgan fingerprint density at radius 1 is 1.38 bits per heavy atom. The van der Waals surface area contributed by atoms with Gasteiger partial charge in [-0.2, -0.15) is 5.26 Å². The van der Waals surface area contributed by atoms with Crippen LogP contribution in [0.4, 0.5) is 5.69 Å². The molecule has 1 aromatic carbocycles. The standard InChI is InChI=1S/C17H11ClN4O3S/c18-15-12(22-3-6-26-17(22)21-15)7-10(9-19)16(23)20-11-1-2-13-14(8-11)25-5-4-24-13/h1-3,6-8H,4-5H2,(H,20,23)/b10-7+. The van der Waals surface area contributed by atoms with E-state index in [9.17, 15) is 10.1 Å². The maximum atomic E-state index is 12.5. The van der Waals surface area contributed by atoms with Crippen molar-refractivity contribution in [2.24, 2.45) is 0 Å². The van der Waals surface area contributed by atoms with E-state index in [0.29, 0.717) is 41.1 Å². The van der Waals surface area contributed by atoms with Crippen LogP contribution in [-0.2, 0) is 4.79 Å². The number of hydrogen-bond acceptors (Lipinski definition) is 6. The number of ether oxygens (including phenoxy) is 2. The molecule has 1 aliphatic rings. The monoisotopic (exact) mass is 386 g/mol. The molecule has 3 heterocycles. The molecule has 1 amide bonds. The fourth-order valence-corrected chi connectivity index (χ4v) is 3.51. The third-order valence-electron chi connectivity index (χ3n) is 3.70. The molecule has 0 aliphatic carbocycles. The molecule has 1 aliphatic heterocycles. The number of amides is 1. The van der Waals surface area contributed by atoms with E-state index in [1.807, 2.05) is 11.4 Å². The molecule has 130 valence electrons. The smallest absolute Gasteiger partial charge is 0.266 e. The summed E-state index contributed by atoms with van der Waals surface area (Å²) in [6.07, 6.45) is 3.20. The molecule has 3 aromatic rings. The van der Waals surface area contributed by atoms with Gasteiger partial charge in [0.25, 0.3) is 5.91 Å². The van der Waals surface area contributed by atoms with E-state index in [1.165, 1.54) is 17.4 Å². The lowest BCUT2D eigenvalue weighted by molar-refractivity contribution is -0.112. The molecule has 7 nitrogen and oxygen atoms in total. The van der Waals surface area contributed by atoms with Crippen LogP contribution in [0.3, 0.4) is 0 Å². The van der Waals surface area contributed by atoms with Crippen molar-refractivity contribution in [1.29, 1.82) is 5.26 Å². The third kappa shape index (κ3) is 2.98. The highest BCUT2D eigenvalue weighted by atomic mass is 35.5. The summed E-state index contributed by atoms with van der Waals surface area (Å²) in [4.78, 5) is 17.3. The van der Waals surface area contributed by atoms with Crippen molar-refractivity contribution in [2.75, 3.05) is 18.5 Å². The number of imidazole rings is 1. The van der Waals surface area contributed by atoms with Crippen LogP contribution in [0, 0.1) is 11.3 Å². The summed E-state index contributed by atoms with van der Waals surface area (Å²) in [6.45, 7) is 0.938. The zero-order valence-corrected chi connectivity index (χ0v) is 14.8. The summed E-state index contributed by atoms with van der Waals surface area (Å²) in [6, 6.07) is 6.96. The summed E-state index contributed by atoms with van der Waals surface area (Å²) >= 11 is 7.52. The summed E-state index contributed by atoms with van der Waals surface area (Å²) in [5, 5.41) is 14.1. The fourth-order valence-electron chi connectivity index (χ4n) is 2.51. The first-order valence-electron chi connectivity index (χ1n) is 7.59. The highest BCUT2D eigenvalue weighted by Crippen LogP contribution is 2.32. The van der Waals surface area contributed by atoms with Crippen LogP contribution in [0.15, 0.2) is 35.3 Å². The molecule has 0 saturated carbocycles. The van der Waals surface area contributed by atoms with Crippen LogP contribution in [-0.4, -0.2) is 28.5 Å². The predicted molar refractivity (Wildman–Crippen MR) is 97.7 cm³/mol. The number of halogens is 1. The van der Waals surface area contributed by atoms with Gasteiger partial charge in [0.2, 0.25) is 0 Å². The van der Waals surface area contributed by atoms with Crippen LogP contribution >= 0.6 is 22.9 Å². The maximum absolute atomic E-state index is 12.5. The number of hydrogen-bond donors (Lipinski definition) is 1. The van der Waals surface area contributed by atoms with Gasteiger partial charge >= 0.3 is 0 Å². The largest absolute Gasteiger partial charge is 0.486 e. The Bertz CT molecular complexity index is 1080. The first kappa shape index (κ1) is 16.4. The van der Waals surface area contributed by atoms with Gasteiger partial charge in [0, 0.05) is 23.3 Å². The van der Waals surface area contributed by atoms with Crippen molar-refractivity contribution in [2.45, 2.75) is 0 Å². The molecule has 9 heteroatoms. The average molecular weight is 387 g/mol. The van der Waals surface area contributed by atoms with Crippen LogP contribution in [0.5, 0.6) is 11.5 Å². The van der Waals surface area contributed by atoms with Gasteiger partial charge in [-0.15, -0.1) is 11.3 Å². The topological polar surface area (TPSA) is 88.7 Å². The summed E-state index contributed by atoms with van der Waals surface area (Å²) < 4.78 is 12.7. The van der Waals surface area contributed by atoms with Gasteiger partial charge in [-0.25, -0.2) is 4.98 Å². The van der Waals surface area contributed by atoms with Gasteiger partial charge in [0.05, 0.1) is 5.69 Å². The molecule has 0 radical (unpaired) electrons. The van der Waals surface area contributed by atoms with E-state index in [4.69, 9.17) is 21.1 Å². The average Bonchev–Trinajstić information content (AvgIpc) is 3.20. The number of thiazole rings is 1. The number of anilines is 1. The Morgan fingerprint density at radius 2 is 2.19 bits per heavy atom. The number of nitrogens with one attached hydrogen (secondary N) is 1. The third-order valence-corrected chi connectivity index (χ3v) is 4.74. The number of benzene rings is 1. The quantitative estimate of drug-likeness (QED) is 0.550. The maximum Gasteiger partial charge on any atom is 0.266 e. The van der Waals surface area contributed by atoms with Gasteiger partial charge in [0.15, 0.2) is 21.6 Å². The Kier molecular flexibility index (Phi) is 4.24. The second-order valence-electron chi connectivity index (χ2n) is 5.33. The van der Waals surface area contributed by atoms with Gasteiger partial charge in [-0.3, -0.25) is 9.20 Å². The van der Waals surface area contributed by atoms with Gasteiger partial charge < -0.3 is 14.8 Å². The number of carbonyl (C=O) groups excluding carboxylic acids is 1. The van der Waals surface area contributed by atoms with Crippen LogP contribution in [0.1, 0.15) is 5.69 Å². The SMILES string of the molecule is N#C/C(=C\c1c(Cl)nc2sccn12)C(=O)Nc1ccc2c(c1)OCCO2. The summed E-state index contributed by atoms with van der Waals surface area (Å²) in [7, 11) is 0. The first-order chi connectivity index (χ1) is 12.7. The second kappa shape index (κ2) is 6.71. The van der Waals surface area contributed by atoms with E-state index in [0.717, 1.165) is 0 Å². The number of aromatic nitrogens is 2. The Labute approximate surface area is 157 Å². The molecule has 0 saturated heterocycles. The highest BCUT2D eigenvalue weighted by molar-refractivity contribution is 7.15. The Morgan fingerprint density at radius 3 is 3.00 bits per heavy atom. The van der Waals surface area contributed by atoms with E-state index >= 15 is 0 Å². The van der Waals surface area contributed by atoms with Crippen molar-refractivity contribution in [3.8, 4) is 17.6 Å². The highest BCUT2D eigenvalue weighted by Gasteiger charge is 2.17. The minimum atomic E-state index is -0.551. The molecule has 0 fully saturated rings. The lowest BCUT2D eigenvalue weighted by atomic mass is 10.2. The zero-order valence-electron chi connectivity index (χ0n) is 13.2. The molecular formula is C17H11ClN4O3S. The number of carbonyl (C=O) groups is 1. The predicted octanol–water partition coefficient (Wildman–Crippen LogP) is 3.37. The van der Waals surface area contributed by atoms with Crippen LogP contribution in [0.2, 0.25) is 5.15 Å². The molecule has 0 bridgehead atoms. The Hall–Kier alpha value is -3.02. The summed E-state index contributed by atoms with van der Waals surface area (Å²) in [5.41, 5.74) is 0.895. The molecule has 0 spiro atoms. The van der Waals surface area contributed by atoms with Crippen LogP contribution < -0.4 is 14.8 Å². The molecular weight excluding hydrogens is 376 g/mol. The van der Waals surface area contributed by atoms with E-state index in [1.54, 1.807) is 28.8 Å². The lowest BCUT2D eigenvalue weighted by Crippen LogP contribution is -2.17. The van der Waals surface area contributed by atoms with E-state index < -0.39 is 5.91 Å². The summed E-state index contributed by atoms with van der Waals surface area (Å²) in [5.74, 6) is 0.622. The molecule has 1 N–H and O–H groups in total. The van der Waals surface area contributed by atoms with Gasteiger partial charge in [-0.05, 0) is 18.2 Å². The van der Waals surface area contributed by atoms with E-state index in [2.05, 4.69) is 10.3 Å².